The number of nitrogens with zero attached hydrogens (tertiary/aromatic N) is 2. The van der Waals surface area contributed by atoms with Crippen molar-refractivity contribution >= 4 is 5.91 Å². The summed E-state index contributed by atoms with van der Waals surface area (Å²) in [5.74, 6) is -0.0339. The number of carbonyl (C=O) groups is 1. The summed E-state index contributed by atoms with van der Waals surface area (Å²) in [5, 5.41) is 8.80. The second-order valence-corrected chi connectivity index (χ2v) is 4.66. The smallest absolute Gasteiger partial charge is 0.255 e. The minimum absolute atomic E-state index is 0.0339. The highest BCUT2D eigenvalue weighted by Crippen LogP contribution is 2.18. The van der Waals surface area contributed by atoms with Gasteiger partial charge in [-0.2, -0.15) is 5.26 Å². The van der Waals surface area contributed by atoms with E-state index in [0.29, 0.717) is 6.54 Å². The van der Waals surface area contributed by atoms with Crippen LogP contribution in [-0.2, 0) is 0 Å². The Hall–Kier alpha value is -1.82. The zero-order valence-electron chi connectivity index (χ0n) is 11.6. The standard InChI is InChI=1S/C15H20N2O/c1-5-7-17(8-6-16)15(18)14-12(3)9-11(2)10-13(14)4/h9-10H,5,7-8H2,1-4H3. The number of carbonyl (C=O) groups excluding carboxylic acids is 1. The van der Waals surface area contributed by atoms with Gasteiger partial charge in [-0.1, -0.05) is 24.6 Å². The highest BCUT2D eigenvalue weighted by molar-refractivity contribution is 5.97. The topological polar surface area (TPSA) is 44.1 Å². The van der Waals surface area contributed by atoms with Gasteiger partial charge >= 0.3 is 0 Å². The van der Waals surface area contributed by atoms with E-state index in [1.54, 1.807) is 4.90 Å². The molecule has 0 aromatic heterocycles. The van der Waals surface area contributed by atoms with Crippen molar-refractivity contribution in [2.75, 3.05) is 13.1 Å². The molecule has 18 heavy (non-hydrogen) atoms. The van der Waals surface area contributed by atoms with Gasteiger partial charge in [-0.15, -0.1) is 0 Å². The molecular formula is C15H20N2O. The maximum atomic E-state index is 12.5. The maximum Gasteiger partial charge on any atom is 0.255 e. The third-order valence-corrected chi connectivity index (χ3v) is 2.93. The molecule has 0 saturated carbocycles. The van der Waals surface area contributed by atoms with Crippen LogP contribution in [0.5, 0.6) is 0 Å². The van der Waals surface area contributed by atoms with Gasteiger partial charge in [-0.25, -0.2) is 0 Å². The number of nitriles is 1. The molecule has 96 valence electrons. The van der Waals surface area contributed by atoms with Gasteiger partial charge < -0.3 is 4.90 Å². The number of amides is 1. The molecule has 1 rings (SSSR count). The molecule has 0 spiro atoms. The molecule has 0 aliphatic rings. The lowest BCUT2D eigenvalue weighted by molar-refractivity contribution is 0.0774. The van der Waals surface area contributed by atoms with Crippen molar-refractivity contribution in [1.29, 1.82) is 5.26 Å². The lowest BCUT2D eigenvalue weighted by atomic mass is 9.98. The van der Waals surface area contributed by atoms with Crippen LogP contribution in [0.1, 0.15) is 40.4 Å². The highest BCUT2D eigenvalue weighted by Gasteiger charge is 2.18. The molecule has 0 radical (unpaired) electrons. The van der Waals surface area contributed by atoms with Crippen LogP contribution in [0.3, 0.4) is 0 Å². The monoisotopic (exact) mass is 244 g/mol. The molecule has 0 aliphatic heterocycles. The van der Waals surface area contributed by atoms with Gasteiger partial charge in [0.2, 0.25) is 0 Å². The van der Waals surface area contributed by atoms with Gasteiger partial charge in [0.25, 0.3) is 5.91 Å². The van der Waals surface area contributed by atoms with Gasteiger partial charge in [-0.05, 0) is 38.3 Å². The van der Waals surface area contributed by atoms with Crippen molar-refractivity contribution in [1.82, 2.24) is 4.90 Å². The Kier molecular flexibility index (Phi) is 4.91. The van der Waals surface area contributed by atoms with Gasteiger partial charge in [0, 0.05) is 12.1 Å². The normalized spacial score (nSPS) is 9.94. The van der Waals surface area contributed by atoms with Crippen LogP contribution >= 0.6 is 0 Å². The van der Waals surface area contributed by atoms with Crippen LogP contribution in [0.15, 0.2) is 12.1 Å². The molecule has 0 saturated heterocycles. The predicted molar refractivity (Wildman–Crippen MR) is 72.5 cm³/mol. The predicted octanol–water partition coefficient (Wildman–Crippen LogP) is 2.99. The second kappa shape index (κ2) is 6.20. The molecule has 3 heteroatoms. The fraction of sp³-hybridized carbons (Fsp3) is 0.467. The van der Waals surface area contributed by atoms with Crippen LogP contribution in [0.25, 0.3) is 0 Å². The summed E-state index contributed by atoms with van der Waals surface area (Å²) in [7, 11) is 0. The first-order valence-electron chi connectivity index (χ1n) is 6.25. The van der Waals surface area contributed by atoms with Crippen molar-refractivity contribution in [3.8, 4) is 6.07 Å². The minimum Gasteiger partial charge on any atom is -0.325 e. The lowest BCUT2D eigenvalue weighted by Crippen LogP contribution is -2.33. The van der Waals surface area contributed by atoms with Crippen molar-refractivity contribution in [3.63, 3.8) is 0 Å². The molecule has 1 aromatic carbocycles. The van der Waals surface area contributed by atoms with E-state index in [1.807, 2.05) is 39.8 Å². The maximum absolute atomic E-state index is 12.5. The van der Waals surface area contributed by atoms with Gasteiger partial charge in [-0.3, -0.25) is 4.79 Å². The largest absolute Gasteiger partial charge is 0.325 e. The van der Waals surface area contributed by atoms with E-state index in [0.717, 1.165) is 28.7 Å². The number of aryl methyl sites for hydroxylation is 3. The Bertz CT molecular complexity index is 463. The van der Waals surface area contributed by atoms with Gasteiger partial charge in [0.05, 0.1) is 6.07 Å². The molecule has 1 aromatic rings. The van der Waals surface area contributed by atoms with E-state index in [2.05, 4.69) is 6.07 Å². The van der Waals surface area contributed by atoms with E-state index in [1.165, 1.54) is 0 Å². The molecule has 0 fully saturated rings. The average molecular weight is 244 g/mol. The van der Waals surface area contributed by atoms with Crippen molar-refractivity contribution in [2.24, 2.45) is 0 Å². The Morgan fingerprint density at radius 2 is 1.83 bits per heavy atom. The first-order valence-corrected chi connectivity index (χ1v) is 6.25. The Labute approximate surface area is 109 Å². The van der Waals surface area contributed by atoms with Crippen LogP contribution in [0, 0.1) is 32.1 Å². The molecule has 3 nitrogen and oxygen atoms in total. The summed E-state index contributed by atoms with van der Waals surface area (Å²) >= 11 is 0. The average Bonchev–Trinajstić information content (AvgIpc) is 2.27. The summed E-state index contributed by atoms with van der Waals surface area (Å²) < 4.78 is 0. The van der Waals surface area contributed by atoms with Crippen molar-refractivity contribution in [3.05, 3.63) is 34.4 Å². The van der Waals surface area contributed by atoms with Crippen LogP contribution < -0.4 is 0 Å². The quantitative estimate of drug-likeness (QED) is 0.764. The third kappa shape index (κ3) is 3.10. The molecule has 0 unspecified atom stereocenters. The van der Waals surface area contributed by atoms with Crippen molar-refractivity contribution in [2.45, 2.75) is 34.1 Å². The fourth-order valence-corrected chi connectivity index (χ4v) is 2.28. The molecule has 1 amide bonds. The summed E-state index contributed by atoms with van der Waals surface area (Å²) in [5.41, 5.74) is 3.86. The van der Waals surface area contributed by atoms with E-state index >= 15 is 0 Å². The summed E-state index contributed by atoms with van der Waals surface area (Å²) in [6.45, 7) is 8.70. The fourth-order valence-electron chi connectivity index (χ4n) is 2.28. The Balaban J connectivity index is 3.13. The summed E-state index contributed by atoms with van der Waals surface area (Å²) in [6, 6.07) is 6.08. The zero-order valence-corrected chi connectivity index (χ0v) is 11.6. The Morgan fingerprint density at radius 3 is 2.28 bits per heavy atom. The molecule has 0 aliphatic carbocycles. The molecular weight excluding hydrogens is 224 g/mol. The highest BCUT2D eigenvalue weighted by atomic mass is 16.2. The van der Waals surface area contributed by atoms with Gasteiger partial charge in [0.15, 0.2) is 0 Å². The number of rotatable bonds is 4. The summed E-state index contributed by atoms with van der Waals surface area (Å²) in [6.07, 6.45) is 0.859. The first-order chi connectivity index (χ1) is 8.51. The molecule has 0 bridgehead atoms. The zero-order chi connectivity index (χ0) is 13.7. The van der Waals surface area contributed by atoms with Crippen molar-refractivity contribution < 1.29 is 4.79 Å². The van der Waals surface area contributed by atoms with Crippen LogP contribution in [0.4, 0.5) is 0 Å². The lowest BCUT2D eigenvalue weighted by Gasteiger charge is -2.21. The number of hydrogen-bond acceptors (Lipinski definition) is 2. The number of benzene rings is 1. The van der Waals surface area contributed by atoms with E-state index in [9.17, 15) is 4.79 Å². The molecule has 0 N–H and O–H groups in total. The molecule has 0 heterocycles. The Morgan fingerprint density at radius 1 is 1.28 bits per heavy atom. The first kappa shape index (κ1) is 14.2. The van der Waals surface area contributed by atoms with Gasteiger partial charge in [0.1, 0.15) is 6.54 Å². The van der Waals surface area contributed by atoms with Crippen LogP contribution in [0.2, 0.25) is 0 Å². The summed E-state index contributed by atoms with van der Waals surface area (Å²) in [4.78, 5) is 14.1. The molecule has 0 atom stereocenters. The van der Waals surface area contributed by atoms with Crippen LogP contribution in [-0.4, -0.2) is 23.9 Å². The van der Waals surface area contributed by atoms with E-state index in [4.69, 9.17) is 5.26 Å². The number of hydrogen-bond donors (Lipinski definition) is 0. The second-order valence-electron chi connectivity index (χ2n) is 4.66. The third-order valence-electron chi connectivity index (χ3n) is 2.93. The SMILES string of the molecule is CCCN(CC#N)C(=O)c1c(C)cc(C)cc1C. The minimum atomic E-state index is -0.0339. The van der Waals surface area contributed by atoms with E-state index < -0.39 is 0 Å². The van der Waals surface area contributed by atoms with E-state index in [-0.39, 0.29) is 12.5 Å².